The quantitative estimate of drug-likeness (QED) is 0.423. The summed E-state index contributed by atoms with van der Waals surface area (Å²) in [5.74, 6) is 0.329. The van der Waals surface area contributed by atoms with Crippen molar-refractivity contribution in [2.75, 3.05) is 0 Å². The Labute approximate surface area is 224 Å². The van der Waals surface area contributed by atoms with Crippen LogP contribution < -0.4 is 10.0 Å². The van der Waals surface area contributed by atoms with Crippen molar-refractivity contribution < 1.29 is 22.7 Å². The fourth-order valence-electron chi connectivity index (χ4n) is 4.43. The lowest BCUT2D eigenvalue weighted by atomic mass is 9.86. The van der Waals surface area contributed by atoms with Gasteiger partial charge in [0.05, 0.1) is 20.9 Å². The smallest absolute Gasteiger partial charge is 0.407 e. The summed E-state index contributed by atoms with van der Waals surface area (Å²) in [5, 5.41) is 3.92. The van der Waals surface area contributed by atoms with Crippen LogP contribution in [0.5, 0.6) is 0 Å². The van der Waals surface area contributed by atoms with Crippen molar-refractivity contribution >= 4 is 33.2 Å². The molecule has 1 heterocycles. The fourth-order valence-corrected chi connectivity index (χ4v) is 7.31. The number of thiazole rings is 1. The Hall–Kier alpha value is -2.30. The average molecular weight is 550 g/mol. The van der Waals surface area contributed by atoms with Gasteiger partial charge in [0.2, 0.25) is 10.0 Å². The highest BCUT2D eigenvalue weighted by Crippen LogP contribution is 2.39. The predicted molar refractivity (Wildman–Crippen MR) is 146 cm³/mol. The zero-order chi connectivity index (χ0) is 27.4. The molecule has 0 aliphatic heterocycles. The average Bonchev–Trinajstić information content (AvgIpc) is 3.26. The van der Waals surface area contributed by atoms with Crippen molar-refractivity contribution in [1.29, 1.82) is 0 Å². The van der Waals surface area contributed by atoms with Crippen molar-refractivity contribution in [2.24, 2.45) is 0 Å². The minimum Gasteiger partial charge on any atom is -0.447 e. The Balaban J connectivity index is 1.81. The second-order valence-electron chi connectivity index (χ2n) is 11.1. The number of benzene rings is 1. The van der Waals surface area contributed by atoms with E-state index in [1.807, 2.05) is 46.8 Å². The SMILES string of the molecule is CC(=O)CCc1ccc(-c2cnc(C3CCC(NC(=O)OC(C)C)CC3)s2)c(S(=O)(=O)NC(C)(C)C)c1. The number of nitrogens with one attached hydrogen (secondary N) is 2. The monoisotopic (exact) mass is 549 g/mol. The predicted octanol–water partition coefficient (Wildman–Crippen LogP) is 5.57. The van der Waals surface area contributed by atoms with E-state index in [1.54, 1.807) is 12.3 Å². The van der Waals surface area contributed by atoms with Gasteiger partial charge in [-0.15, -0.1) is 11.3 Å². The van der Waals surface area contributed by atoms with Crippen LogP contribution in [0.4, 0.5) is 4.79 Å². The number of carbonyl (C=O) groups is 2. The number of rotatable bonds is 9. The summed E-state index contributed by atoms with van der Waals surface area (Å²) in [6, 6.07) is 5.48. The van der Waals surface area contributed by atoms with Crippen molar-refractivity contribution in [2.45, 2.75) is 109 Å². The highest BCUT2D eigenvalue weighted by Gasteiger charge is 2.29. The molecule has 0 spiro atoms. The first-order chi connectivity index (χ1) is 17.2. The molecule has 37 heavy (non-hydrogen) atoms. The van der Waals surface area contributed by atoms with Gasteiger partial charge in [-0.2, -0.15) is 0 Å². The number of hydrogen-bond acceptors (Lipinski definition) is 7. The molecular formula is C27H39N3O5S2. The van der Waals surface area contributed by atoms with Gasteiger partial charge in [0.25, 0.3) is 0 Å². The van der Waals surface area contributed by atoms with Gasteiger partial charge < -0.3 is 14.8 Å². The number of amides is 1. The van der Waals surface area contributed by atoms with E-state index in [-0.39, 0.29) is 34.8 Å². The number of nitrogens with zero attached hydrogens (tertiary/aromatic N) is 1. The maximum absolute atomic E-state index is 13.4. The number of aromatic nitrogens is 1. The fraction of sp³-hybridized carbons (Fsp3) is 0.593. The van der Waals surface area contributed by atoms with Crippen LogP contribution in [-0.4, -0.2) is 43.0 Å². The zero-order valence-corrected chi connectivity index (χ0v) is 24.2. The lowest BCUT2D eigenvalue weighted by molar-refractivity contribution is -0.116. The van der Waals surface area contributed by atoms with E-state index in [0.717, 1.165) is 41.1 Å². The van der Waals surface area contributed by atoms with Gasteiger partial charge >= 0.3 is 6.09 Å². The normalized spacial score (nSPS) is 18.6. The van der Waals surface area contributed by atoms with Gasteiger partial charge in [-0.1, -0.05) is 12.1 Å². The minimum atomic E-state index is -3.81. The van der Waals surface area contributed by atoms with Gasteiger partial charge in [0.15, 0.2) is 0 Å². The van der Waals surface area contributed by atoms with Crippen molar-refractivity contribution in [3.8, 4) is 10.4 Å². The number of aryl methyl sites for hydroxylation is 1. The first-order valence-corrected chi connectivity index (χ1v) is 15.1. The van der Waals surface area contributed by atoms with Crippen LogP contribution in [0.1, 0.15) is 90.1 Å². The highest BCUT2D eigenvalue weighted by molar-refractivity contribution is 7.89. The molecule has 3 rings (SSSR count). The molecule has 1 aliphatic carbocycles. The number of carbonyl (C=O) groups excluding carboxylic acids is 2. The lowest BCUT2D eigenvalue weighted by Crippen LogP contribution is -2.40. The lowest BCUT2D eigenvalue weighted by Gasteiger charge is -2.28. The first kappa shape index (κ1) is 29.3. The second kappa shape index (κ2) is 12.0. The van der Waals surface area contributed by atoms with Crippen LogP contribution in [0, 0.1) is 0 Å². The summed E-state index contributed by atoms with van der Waals surface area (Å²) < 4.78 is 34.7. The number of hydrogen-bond donors (Lipinski definition) is 2. The minimum absolute atomic E-state index is 0.0649. The molecule has 1 aromatic heterocycles. The molecule has 0 atom stereocenters. The molecule has 1 fully saturated rings. The number of alkyl carbamates (subject to hydrolysis) is 1. The van der Waals surface area contributed by atoms with E-state index < -0.39 is 15.6 Å². The van der Waals surface area contributed by atoms with Gasteiger partial charge in [-0.3, -0.25) is 0 Å². The van der Waals surface area contributed by atoms with Crippen LogP contribution >= 0.6 is 11.3 Å². The summed E-state index contributed by atoms with van der Waals surface area (Å²) in [7, 11) is -3.81. The third kappa shape index (κ3) is 8.61. The maximum atomic E-state index is 13.4. The molecule has 0 unspecified atom stereocenters. The Morgan fingerprint density at radius 3 is 2.43 bits per heavy atom. The summed E-state index contributed by atoms with van der Waals surface area (Å²) in [5.41, 5.74) is 0.775. The Morgan fingerprint density at radius 2 is 1.84 bits per heavy atom. The molecule has 8 nitrogen and oxygen atoms in total. The van der Waals surface area contributed by atoms with Crippen LogP contribution in [0.15, 0.2) is 29.3 Å². The molecule has 0 bridgehead atoms. The van der Waals surface area contributed by atoms with Crippen LogP contribution in [-0.2, 0) is 26.0 Å². The Morgan fingerprint density at radius 1 is 1.16 bits per heavy atom. The third-order valence-corrected chi connectivity index (χ3v) is 9.06. The van der Waals surface area contributed by atoms with Crippen molar-refractivity contribution in [3.05, 3.63) is 35.0 Å². The van der Waals surface area contributed by atoms with Gasteiger partial charge in [-0.25, -0.2) is 22.9 Å². The number of ether oxygens (including phenoxy) is 1. The van der Waals surface area contributed by atoms with Crippen molar-refractivity contribution in [1.82, 2.24) is 15.0 Å². The van der Waals surface area contributed by atoms with Crippen LogP contribution in [0.2, 0.25) is 0 Å². The first-order valence-electron chi connectivity index (χ1n) is 12.8. The molecular weight excluding hydrogens is 510 g/mol. The molecule has 204 valence electrons. The zero-order valence-electron chi connectivity index (χ0n) is 22.6. The second-order valence-corrected chi connectivity index (χ2v) is 13.8. The molecule has 1 saturated carbocycles. The number of ketones is 1. The van der Waals surface area contributed by atoms with Gasteiger partial charge in [-0.05, 0) is 85.3 Å². The summed E-state index contributed by atoms with van der Waals surface area (Å²) in [6.45, 7) is 10.6. The molecule has 2 aromatic rings. The molecule has 1 aliphatic rings. The van der Waals surface area contributed by atoms with Crippen LogP contribution in [0.3, 0.4) is 0 Å². The van der Waals surface area contributed by atoms with E-state index in [4.69, 9.17) is 4.74 Å². The van der Waals surface area contributed by atoms with E-state index in [1.165, 1.54) is 18.3 Å². The molecule has 1 amide bonds. The summed E-state index contributed by atoms with van der Waals surface area (Å²) in [4.78, 5) is 29.1. The van der Waals surface area contributed by atoms with Crippen molar-refractivity contribution in [3.63, 3.8) is 0 Å². The number of Topliss-reactive ketones (excluding diaryl/α,β-unsaturated/α-hetero) is 1. The van der Waals surface area contributed by atoms with E-state index in [9.17, 15) is 18.0 Å². The van der Waals surface area contributed by atoms with E-state index in [0.29, 0.717) is 18.4 Å². The molecule has 2 N–H and O–H groups in total. The van der Waals surface area contributed by atoms with E-state index in [2.05, 4.69) is 15.0 Å². The largest absolute Gasteiger partial charge is 0.447 e. The van der Waals surface area contributed by atoms with Crippen LogP contribution in [0.25, 0.3) is 10.4 Å². The molecule has 10 heteroatoms. The topological polar surface area (TPSA) is 114 Å². The molecule has 0 radical (unpaired) electrons. The highest BCUT2D eigenvalue weighted by atomic mass is 32.2. The Kier molecular flexibility index (Phi) is 9.52. The molecule has 1 aromatic carbocycles. The van der Waals surface area contributed by atoms with Gasteiger partial charge in [0, 0.05) is 35.7 Å². The standard InChI is InChI=1S/C27H39N3O5S2/c1-17(2)35-26(32)29-21-12-10-20(11-13-21)25-28-16-23(36-25)22-14-9-19(8-7-18(3)31)15-24(22)37(33,34)30-27(4,5)6/h9,14-17,20-21,30H,7-8,10-13H2,1-6H3,(H,29,32). The Bertz CT molecular complexity index is 1210. The van der Waals surface area contributed by atoms with E-state index >= 15 is 0 Å². The van der Waals surface area contributed by atoms with Gasteiger partial charge in [0.1, 0.15) is 5.78 Å². The third-order valence-electron chi connectivity index (χ3n) is 6.07. The summed E-state index contributed by atoms with van der Waals surface area (Å²) in [6.07, 6.45) is 5.54. The number of sulfonamides is 1. The molecule has 0 saturated heterocycles. The summed E-state index contributed by atoms with van der Waals surface area (Å²) >= 11 is 1.52. The maximum Gasteiger partial charge on any atom is 0.407 e.